The number of hydrogen-bond donors (Lipinski definition) is 0. The Morgan fingerprint density at radius 3 is 2.64 bits per heavy atom. The summed E-state index contributed by atoms with van der Waals surface area (Å²) in [5.74, 6) is 2.59. The van der Waals surface area contributed by atoms with Crippen LogP contribution in [0.1, 0.15) is 25.0 Å². The molecule has 0 saturated carbocycles. The fourth-order valence-electron chi connectivity index (χ4n) is 2.76. The lowest BCUT2D eigenvalue weighted by atomic mass is 10.2. The number of para-hydroxylation sites is 1. The maximum Gasteiger partial charge on any atom is 0.191 e. The zero-order chi connectivity index (χ0) is 17.6. The first-order valence-electron chi connectivity index (χ1n) is 8.56. The van der Waals surface area contributed by atoms with Crippen molar-refractivity contribution < 1.29 is 4.74 Å². The second kappa shape index (κ2) is 8.21. The van der Waals surface area contributed by atoms with Gasteiger partial charge in [0.25, 0.3) is 0 Å². The third-order valence-corrected chi connectivity index (χ3v) is 4.95. The summed E-state index contributed by atoms with van der Waals surface area (Å²) in [6.07, 6.45) is 0. The molecule has 0 aliphatic carbocycles. The topological polar surface area (TPSA) is 39.9 Å². The first-order chi connectivity index (χ1) is 12.2. The zero-order valence-electron chi connectivity index (χ0n) is 14.9. The Labute approximate surface area is 153 Å². The summed E-state index contributed by atoms with van der Waals surface area (Å²) >= 11 is 1.72. The van der Waals surface area contributed by atoms with Crippen LogP contribution < -0.4 is 4.74 Å². The van der Waals surface area contributed by atoms with E-state index in [0.717, 1.165) is 34.6 Å². The van der Waals surface area contributed by atoms with Crippen LogP contribution in [0.3, 0.4) is 0 Å². The molecule has 0 fully saturated rings. The van der Waals surface area contributed by atoms with Crippen molar-refractivity contribution in [2.75, 3.05) is 6.61 Å². The molecule has 0 radical (unpaired) electrons. The Bertz CT molecular complexity index is 844. The Hall–Kier alpha value is -2.27. The van der Waals surface area contributed by atoms with Crippen LogP contribution in [-0.4, -0.2) is 21.4 Å². The minimum Gasteiger partial charge on any atom is -0.493 e. The number of nitrogens with zero attached hydrogens (tertiary/aromatic N) is 3. The monoisotopic (exact) mass is 353 g/mol. The molecule has 0 spiro atoms. The van der Waals surface area contributed by atoms with Crippen molar-refractivity contribution in [3.8, 4) is 17.1 Å². The van der Waals surface area contributed by atoms with E-state index in [2.05, 4.69) is 52.9 Å². The Kier molecular flexibility index (Phi) is 5.76. The summed E-state index contributed by atoms with van der Waals surface area (Å²) in [6.45, 7) is 7.67. The zero-order valence-corrected chi connectivity index (χ0v) is 15.7. The van der Waals surface area contributed by atoms with E-state index >= 15 is 0 Å². The molecule has 0 N–H and O–H groups in total. The molecule has 1 heterocycles. The summed E-state index contributed by atoms with van der Waals surface area (Å²) in [7, 11) is 0. The maximum atomic E-state index is 5.75. The Balaban J connectivity index is 1.86. The fraction of sp³-hybridized carbons (Fsp3) is 0.300. The molecule has 0 amide bonds. The van der Waals surface area contributed by atoms with Crippen LogP contribution in [0.5, 0.6) is 5.75 Å². The molecule has 0 saturated heterocycles. The average Bonchev–Trinajstić information content (AvgIpc) is 3.03. The molecule has 0 bridgehead atoms. The molecule has 0 atom stereocenters. The van der Waals surface area contributed by atoms with Crippen LogP contribution in [-0.2, 0) is 12.3 Å². The molecule has 0 unspecified atom stereocenters. The number of rotatable bonds is 7. The summed E-state index contributed by atoms with van der Waals surface area (Å²) in [6, 6.07) is 16.6. The first kappa shape index (κ1) is 17.5. The van der Waals surface area contributed by atoms with Crippen LogP contribution in [0.4, 0.5) is 0 Å². The quantitative estimate of drug-likeness (QED) is 0.563. The normalized spacial score (nSPS) is 10.8. The molecule has 1 aromatic heterocycles. The van der Waals surface area contributed by atoms with Gasteiger partial charge in [-0.15, -0.1) is 10.2 Å². The van der Waals surface area contributed by atoms with Crippen LogP contribution in [0.2, 0.25) is 0 Å². The summed E-state index contributed by atoms with van der Waals surface area (Å²) < 4.78 is 7.91. The van der Waals surface area contributed by atoms with E-state index in [0.29, 0.717) is 6.61 Å². The van der Waals surface area contributed by atoms with Crippen molar-refractivity contribution in [2.24, 2.45) is 0 Å². The molecule has 3 rings (SSSR count). The smallest absolute Gasteiger partial charge is 0.191 e. The fourth-order valence-corrected chi connectivity index (χ4v) is 3.71. The molecule has 2 aromatic carbocycles. The molecule has 0 aliphatic rings. The average molecular weight is 353 g/mol. The number of hydrogen-bond acceptors (Lipinski definition) is 4. The molecular weight excluding hydrogens is 330 g/mol. The number of thioether (sulfide) groups is 1. The number of aromatic nitrogens is 3. The van der Waals surface area contributed by atoms with Crippen molar-refractivity contribution in [3.63, 3.8) is 0 Å². The van der Waals surface area contributed by atoms with Gasteiger partial charge in [0.2, 0.25) is 0 Å². The van der Waals surface area contributed by atoms with Crippen LogP contribution in [0.25, 0.3) is 11.4 Å². The standard InChI is InChI=1S/C20H23N3OS/c1-4-23-19(17-11-6-7-12-18(17)24-5-2)21-22-20(23)25-14-16-10-8-9-15(3)13-16/h6-13H,4-5,14H2,1-3H3. The highest BCUT2D eigenvalue weighted by Crippen LogP contribution is 2.31. The van der Waals surface area contributed by atoms with Crippen LogP contribution >= 0.6 is 11.8 Å². The van der Waals surface area contributed by atoms with E-state index in [1.807, 2.05) is 31.2 Å². The van der Waals surface area contributed by atoms with Gasteiger partial charge in [0.1, 0.15) is 5.75 Å². The largest absolute Gasteiger partial charge is 0.493 e. The van der Waals surface area contributed by atoms with E-state index in [1.165, 1.54) is 11.1 Å². The van der Waals surface area contributed by atoms with E-state index in [9.17, 15) is 0 Å². The van der Waals surface area contributed by atoms with Crippen molar-refractivity contribution >= 4 is 11.8 Å². The highest BCUT2D eigenvalue weighted by Gasteiger charge is 2.16. The van der Waals surface area contributed by atoms with Gasteiger partial charge >= 0.3 is 0 Å². The van der Waals surface area contributed by atoms with Gasteiger partial charge in [0.05, 0.1) is 12.2 Å². The lowest BCUT2D eigenvalue weighted by molar-refractivity contribution is 0.341. The molecule has 130 valence electrons. The highest BCUT2D eigenvalue weighted by atomic mass is 32.2. The van der Waals surface area contributed by atoms with Gasteiger partial charge in [-0.2, -0.15) is 0 Å². The first-order valence-corrected chi connectivity index (χ1v) is 9.55. The van der Waals surface area contributed by atoms with Crippen molar-refractivity contribution in [3.05, 3.63) is 59.7 Å². The third-order valence-electron chi connectivity index (χ3n) is 3.91. The Morgan fingerprint density at radius 2 is 1.88 bits per heavy atom. The van der Waals surface area contributed by atoms with E-state index < -0.39 is 0 Å². The van der Waals surface area contributed by atoms with Crippen LogP contribution in [0.15, 0.2) is 53.7 Å². The summed E-state index contributed by atoms with van der Waals surface area (Å²) in [4.78, 5) is 0. The van der Waals surface area contributed by atoms with E-state index in [1.54, 1.807) is 11.8 Å². The van der Waals surface area contributed by atoms with Gasteiger partial charge in [-0.05, 0) is 38.5 Å². The summed E-state index contributed by atoms with van der Waals surface area (Å²) in [5.41, 5.74) is 3.56. The van der Waals surface area contributed by atoms with Gasteiger partial charge in [-0.25, -0.2) is 0 Å². The molecule has 25 heavy (non-hydrogen) atoms. The van der Waals surface area contributed by atoms with Gasteiger partial charge < -0.3 is 9.30 Å². The van der Waals surface area contributed by atoms with E-state index in [-0.39, 0.29) is 0 Å². The predicted molar refractivity (Wildman–Crippen MR) is 103 cm³/mol. The number of aryl methyl sites for hydroxylation is 1. The second-order valence-corrected chi connectivity index (χ2v) is 6.70. The molecule has 5 heteroatoms. The van der Waals surface area contributed by atoms with Gasteiger partial charge in [-0.1, -0.05) is 53.7 Å². The van der Waals surface area contributed by atoms with Gasteiger partial charge in [0.15, 0.2) is 11.0 Å². The van der Waals surface area contributed by atoms with Crippen molar-refractivity contribution in [1.29, 1.82) is 0 Å². The van der Waals surface area contributed by atoms with Crippen LogP contribution in [0, 0.1) is 6.92 Å². The third kappa shape index (κ3) is 4.04. The maximum absolute atomic E-state index is 5.75. The second-order valence-electron chi connectivity index (χ2n) is 5.76. The minimum atomic E-state index is 0.631. The Morgan fingerprint density at radius 1 is 1.04 bits per heavy atom. The molecule has 4 nitrogen and oxygen atoms in total. The van der Waals surface area contributed by atoms with Crippen molar-refractivity contribution in [2.45, 2.75) is 38.2 Å². The molecular formula is C20H23N3OS. The predicted octanol–water partition coefficient (Wildman–Crippen LogP) is 4.96. The lowest BCUT2D eigenvalue weighted by Gasteiger charge is -2.11. The minimum absolute atomic E-state index is 0.631. The highest BCUT2D eigenvalue weighted by molar-refractivity contribution is 7.98. The molecule has 0 aliphatic heterocycles. The number of ether oxygens (including phenoxy) is 1. The van der Waals surface area contributed by atoms with Gasteiger partial charge in [-0.3, -0.25) is 0 Å². The van der Waals surface area contributed by atoms with Gasteiger partial charge in [0, 0.05) is 12.3 Å². The SMILES string of the molecule is CCOc1ccccc1-c1nnc(SCc2cccc(C)c2)n1CC. The van der Waals surface area contributed by atoms with Crippen molar-refractivity contribution in [1.82, 2.24) is 14.8 Å². The lowest BCUT2D eigenvalue weighted by Crippen LogP contribution is -2.02. The summed E-state index contributed by atoms with van der Waals surface area (Å²) in [5, 5.41) is 9.80. The molecule has 3 aromatic rings. The number of benzene rings is 2. The van der Waals surface area contributed by atoms with E-state index in [4.69, 9.17) is 4.74 Å².